The summed E-state index contributed by atoms with van der Waals surface area (Å²) in [5, 5.41) is 0. The summed E-state index contributed by atoms with van der Waals surface area (Å²) in [6, 6.07) is 9.69. The van der Waals surface area contributed by atoms with Crippen molar-refractivity contribution in [3.63, 3.8) is 0 Å². The second kappa shape index (κ2) is 8.33. The lowest BCUT2D eigenvalue weighted by Crippen LogP contribution is -2.33. The van der Waals surface area contributed by atoms with E-state index in [1.807, 2.05) is 55.6 Å². The van der Waals surface area contributed by atoms with Crippen LogP contribution in [-0.4, -0.2) is 33.2 Å². The minimum absolute atomic E-state index is 0.358. The fraction of sp³-hybridized carbons (Fsp3) is 0.286. The zero-order valence-electron chi connectivity index (χ0n) is 15.7. The van der Waals surface area contributed by atoms with Gasteiger partial charge in [-0.3, -0.25) is 14.2 Å². The molecule has 0 aromatic carbocycles. The SMILES string of the molecule is Cc1cccc(/C=C\c2ccc3ncc(C(=O)NOC4CCCCO4)n3c2)n1. The molecule has 3 aromatic rings. The molecule has 0 aliphatic carbocycles. The molecule has 0 radical (unpaired) electrons. The molecule has 0 spiro atoms. The minimum Gasteiger partial charge on any atom is -0.350 e. The van der Waals surface area contributed by atoms with Crippen LogP contribution in [0.2, 0.25) is 0 Å². The van der Waals surface area contributed by atoms with Crippen LogP contribution in [0.1, 0.15) is 46.7 Å². The number of nitrogens with zero attached hydrogens (tertiary/aromatic N) is 3. The van der Waals surface area contributed by atoms with E-state index in [2.05, 4.69) is 15.4 Å². The lowest BCUT2D eigenvalue weighted by Gasteiger charge is -2.21. The first-order valence-corrected chi connectivity index (χ1v) is 9.35. The van der Waals surface area contributed by atoms with Gasteiger partial charge in [-0.05, 0) is 55.7 Å². The fourth-order valence-corrected chi connectivity index (χ4v) is 3.08. The van der Waals surface area contributed by atoms with Gasteiger partial charge >= 0.3 is 0 Å². The first kappa shape index (κ1) is 18.3. The first-order valence-electron chi connectivity index (χ1n) is 9.35. The molecule has 1 fully saturated rings. The van der Waals surface area contributed by atoms with Gasteiger partial charge in [-0.2, -0.15) is 0 Å². The van der Waals surface area contributed by atoms with Crippen LogP contribution in [0, 0.1) is 6.92 Å². The van der Waals surface area contributed by atoms with Crippen molar-refractivity contribution in [1.82, 2.24) is 19.8 Å². The monoisotopic (exact) mass is 378 g/mol. The summed E-state index contributed by atoms with van der Waals surface area (Å²) in [4.78, 5) is 26.6. The Morgan fingerprint density at radius 1 is 1.29 bits per heavy atom. The van der Waals surface area contributed by atoms with Gasteiger partial charge in [0.05, 0.1) is 11.9 Å². The Morgan fingerprint density at radius 3 is 3.04 bits per heavy atom. The highest BCUT2D eigenvalue weighted by molar-refractivity contribution is 5.92. The van der Waals surface area contributed by atoms with Crippen molar-refractivity contribution in [1.29, 1.82) is 0 Å². The lowest BCUT2D eigenvalue weighted by molar-refractivity contribution is -0.186. The lowest BCUT2D eigenvalue weighted by atomic mass is 10.2. The number of pyridine rings is 2. The predicted molar refractivity (Wildman–Crippen MR) is 105 cm³/mol. The Labute approximate surface area is 163 Å². The molecule has 4 heterocycles. The Kier molecular flexibility index (Phi) is 5.45. The molecule has 1 N–H and O–H groups in total. The van der Waals surface area contributed by atoms with E-state index in [1.165, 1.54) is 6.20 Å². The van der Waals surface area contributed by atoms with Gasteiger partial charge in [0.25, 0.3) is 5.91 Å². The van der Waals surface area contributed by atoms with Gasteiger partial charge in [0.15, 0.2) is 6.29 Å². The number of imidazole rings is 1. The van der Waals surface area contributed by atoms with E-state index in [0.29, 0.717) is 17.9 Å². The van der Waals surface area contributed by atoms with Crippen LogP contribution in [0.4, 0.5) is 0 Å². The number of aromatic nitrogens is 3. The molecule has 0 saturated carbocycles. The predicted octanol–water partition coefficient (Wildman–Crippen LogP) is 3.40. The standard InChI is InChI=1S/C21H22N4O3/c1-15-5-4-6-17(23-15)10-8-16-9-11-19-22-13-18(25(19)14-16)21(26)24-28-20-7-2-3-12-27-20/h4-6,8-11,13-14,20H,2-3,7,12H2,1H3,(H,24,26)/b10-8-. The second-order valence-corrected chi connectivity index (χ2v) is 6.72. The van der Waals surface area contributed by atoms with Gasteiger partial charge < -0.3 is 4.74 Å². The second-order valence-electron chi connectivity index (χ2n) is 6.72. The van der Waals surface area contributed by atoms with Crippen LogP contribution < -0.4 is 5.48 Å². The van der Waals surface area contributed by atoms with Crippen LogP contribution >= 0.6 is 0 Å². The summed E-state index contributed by atoms with van der Waals surface area (Å²) in [6.45, 7) is 2.61. The van der Waals surface area contributed by atoms with Crippen molar-refractivity contribution < 1.29 is 14.4 Å². The highest BCUT2D eigenvalue weighted by Crippen LogP contribution is 2.14. The van der Waals surface area contributed by atoms with Gasteiger partial charge in [-0.1, -0.05) is 12.1 Å². The topological polar surface area (TPSA) is 77.8 Å². The van der Waals surface area contributed by atoms with Crippen molar-refractivity contribution in [3.8, 4) is 0 Å². The van der Waals surface area contributed by atoms with Crippen LogP contribution in [0.5, 0.6) is 0 Å². The molecule has 1 atom stereocenters. The van der Waals surface area contributed by atoms with Crippen LogP contribution in [0.15, 0.2) is 42.7 Å². The largest absolute Gasteiger partial charge is 0.350 e. The molecule has 1 amide bonds. The number of hydrogen-bond acceptors (Lipinski definition) is 5. The summed E-state index contributed by atoms with van der Waals surface area (Å²) >= 11 is 0. The number of amides is 1. The van der Waals surface area contributed by atoms with Gasteiger partial charge in [0.2, 0.25) is 0 Å². The molecule has 144 valence electrons. The number of hydrogen-bond donors (Lipinski definition) is 1. The van der Waals surface area contributed by atoms with Gasteiger partial charge in [-0.15, -0.1) is 0 Å². The van der Waals surface area contributed by atoms with E-state index in [1.54, 1.807) is 4.40 Å². The highest BCUT2D eigenvalue weighted by Gasteiger charge is 2.18. The zero-order chi connectivity index (χ0) is 19.3. The fourth-order valence-electron chi connectivity index (χ4n) is 3.08. The third kappa shape index (κ3) is 4.27. The van der Waals surface area contributed by atoms with Crippen molar-refractivity contribution >= 4 is 23.7 Å². The van der Waals surface area contributed by atoms with E-state index < -0.39 is 6.29 Å². The Morgan fingerprint density at radius 2 is 2.21 bits per heavy atom. The summed E-state index contributed by atoms with van der Waals surface area (Å²) in [5.74, 6) is -0.358. The average Bonchev–Trinajstić information content (AvgIpc) is 3.15. The molecular weight excluding hydrogens is 356 g/mol. The first-order chi connectivity index (χ1) is 13.7. The van der Waals surface area contributed by atoms with Crippen molar-refractivity contribution in [2.45, 2.75) is 32.5 Å². The van der Waals surface area contributed by atoms with Crippen LogP contribution in [0.3, 0.4) is 0 Å². The number of aryl methyl sites for hydroxylation is 1. The van der Waals surface area contributed by atoms with Crippen LogP contribution in [-0.2, 0) is 9.57 Å². The number of hydroxylamine groups is 1. The number of carbonyl (C=O) groups excluding carboxylic acids is 1. The Hall–Kier alpha value is -3.03. The van der Waals surface area contributed by atoms with E-state index >= 15 is 0 Å². The molecule has 1 unspecified atom stereocenters. The third-order valence-corrected chi connectivity index (χ3v) is 4.54. The molecular formula is C21H22N4O3. The molecule has 0 bridgehead atoms. The smallest absolute Gasteiger partial charge is 0.293 e. The van der Waals surface area contributed by atoms with E-state index in [4.69, 9.17) is 9.57 Å². The molecule has 1 aliphatic rings. The molecule has 7 nitrogen and oxygen atoms in total. The number of carbonyl (C=O) groups is 1. The number of rotatable bonds is 5. The van der Waals surface area contributed by atoms with E-state index in [0.717, 1.165) is 36.2 Å². The maximum absolute atomic E-state index is 12.5. The van der Waals surface area contributed by atoms with Gasteiger partial charge in [0.1, 0.15) is 11.3 Å². The summed E-state index contributed by atoms with van der Waals surface area (Å²) in [5.41, 5.74) is 6.34. The summed E-state index contributed by atoms with van der Waals surface area (Å²) in [6.07, 6.45) is 9.72. The van der Waals surface area contributed by atoms with E-state index in [9.17, 15) is 4.79 Å². The zero-order valence-corrected chi connectivity index (χ0v) is 15.7. The van der Waals surface area contributed by atoms with Crippen molar-refractivity contribution in [3.05, 3.63) is 65.4 Å². The molecule has 28 heavy (non-hydrogen) atoms. The number of fused-ring (bicyclic) bond motifs is 1. The quantitative estimate of drug-likeness (QED) is 0.689. The summed E-state index contributed by atoms with van der Waals surface area (Å²) in [7, 11) is 0. The Bertz CT molecular complexity index is 1010. The maximum Gasteiger partial charge on any atom is 0.293 e. The van der Waals surface area contributed by atoms with Gasteiger partial charge in [0, 0.05) is 24.9 Å². The number of nitrogens with one attached hydrogen (secondary N) is 1. The normalized spacial score (nSPS) is 17.2. The van der Waals surface area contributed by atoms with Gasteiger partial charge in [-0.25, -0.2) is 15.3 Å². The molecule has 1 saturated heterocycles. The van der Waals surface area contributed by atoms with Crippen molar-refractivity contribution in [2.24, 2.45) is 0 Å². The molecule has 7 heteroatoms. The summed E-state index contributed by atoms with van der Waals surface area (Å²) < 4.78 is 7.20. The highest BCUT2D eigenvalue weighted by atomic mass is 16.8. The number of ether oxygens (including phenoxy) is 1. The minimum atomic E-state index is -0.391. The average molecular weight is 378 g/mol. The Balaban J connectivity index is 1.50. The van der Waals surface area contributed by atoms with Crippen LogP contribution in [0.25, 0.3) is 17.8 Å². The third-order valence-electron chi connectivity index (χ3n) is 4.54. The van der Waals surface area contributed by atoms with E-state index in [-0.39, 0.29) is 5.91 Å². The molecule has 3 aromatic heterocycles. The molecule has 4 rings (SSSR count). The maximum atomic E-state index is 12.5. The van der Waals surface area contributed by atoms with Crippen molar-refractivity contribution in [2.75, 3.05) is 6.61 Å². The molecule has 1 aliphatic heterocycles.